The molecule has 146 valence electrons. The number of nitrogens with zero attached hydrogens (tertiary/aromatic N) is 1. The number of nitrogens with one attached hydrogen (secondary N) is 1. The number of carbonyl (C=O) groups excluding carboxylic acids is 2. The SMILES string of the molecule is CC(C)C(=O)N1CCCc2ccc(NC(=O)C3(c4ccc(F)cc4)CC3)cc21. The molecule has 4 rings (SSSR count). The van der Waals surface area contributed by atoms with Gasteiger partial charge in [0.1, 0.15) is 5.82 Å². The smallest absolute Gasteiger partial charge is 0.235 e. The molecule has 0 atom stereocenters. The van der Waals surface area contributed by atoms with Crippen LogP contribution in [0.5, 0.6) is 0 Å². The molecule has 0 unspecified atom stereocenters. The van der Waals surface area contributed by atoms with Gasteiger partial charge in [-0.3, -0.25) is 9.59 Å². The fourth-order valence-corrected chi connectivity index (χ4v) is 3.98. The van der Waals surface area contributed by atoms with E-state index >= 15 is 0 Å². The first-order valence-electron chi connectivity index (χ1n) is 9.92. The third-order valence-corrected chi connectivity index (χ3v) is 5.80. The summed E-state index contributed by atoms with van der Waals surface area (Å²) < 4.78 is 13.2. The summed E-state index contributed by atoms with van der Waals surface area (Å²) in [6.07, 6.45) is 3.40. The number of hydrogen-bond donors (Lipinski definition) is 1. The predicted molar refractivity (Wildman–Crippen MR) is 108 cm³/mol. The Labute approximate surface area is 164 Å². The second-order valence-corrected chi connectivity index (χ2v) is 8.13. The highest BCUT2D eigenvalue weighted by Gasteiger charge is 2.51. The Morgan fingerprint density at radius 2 is 1.82 bits per heavy atom. The minimum absolute atomic E-state index is 0.0718. The molecule has 28 heavy (non-hydrogen) atoms. The molecule has 1 aliphatic carbocycles. The summed E-state index contributed by atoms with van der Waals surface area (Å²) in [5.74, 6) is -0.340. The maximum absolute atomic E-state index is 13.2. The van der Waals surface area contributed by atoms with E-state index in [1.165, 1.54) is 12.1 Å². The van der Waals surface area contributed by atoms with Crippen molar-refractivity contribution in [1.29, 1.82) is 0 Å². The highest BCUT2D eigenvalue weighted by Crippen LogP contribution is 2.49. The van der Waals surface area contributed by atoms with Gasteiger partial charge in [0.05, 0.1) is 5.41 Å². The molecule has 4 nitrogen and oxygen atoms in total. The number of amides is 2. The maximum atomic E-state index is 13.2. The first-order valence-corrected chi connectivity index (χ1v) is 9.92. The summed E-state index contributed by atoms with van der Waals surface area (Å²) in [4.78, 5) is 27.4. The van der Waals surface area contributed by atoms with E-state index in [0.717, 1.165) is 42.5 Å². The van der Waals surface area contributed by atoms with Crippen LogP contribution in [-0.4, -0.2) is 18.4 Å². The first kappa shape index (κ1) is 18.7. The molecular formula is C23H25FN2O2. The van der Waals surface area contributed by atoms with E-state index in [1.54, 1.807) is 12.1 Å². The van der Waals surface area contributed by atoms with E-state index in [1.807, 2.05) is 36.9 Å². The van der Waals surface area contributed by atoms with Gasteiger partial charge in [0.15, 0.2) is 0 Å². The van der Waals surface area contributed by atoms with Crippen molar-refractivity contribution in [2.24, 2.45) is 5.92 Å². The van der Waals surface area contributed by atoms with Gasteiger partial charge in [0.25, 0.3) is 0 Å². The molecule has 1 N–H and O–H groups in total. The fourth-order valence-electron chi connectivity index (χ4n) is 3.98. The molecule has 0 spiro atoms. The van der Waals surface area contributed by atoms with Crippen LogP contribution in [0, 0.1) is 11.7 Å². The number of rotatable bonds is 4. The normalized spacial score (nSPS) is 17.2. The molecule has 2 aliphatic rings. The number of aryl methyl sites for hydroxylation is 1. The topological polar surface area (TPSA) is 49.4 Å². The second-order valence-electron chi connectivity index (χ2n) is 8.13. The number of fused-ring (bicyclic) bond motifs is 1. The highest BCUT2D eigenvalue weighted by atomic mass is 19.1. The van der Waals surface area contributed by atoms with Crippen molar-refractivity contribution in [3.05, 3.63) is 59.4 Å². The average Bonchev–Trinajstić information content (AvgIpc) is 3.49. The minimum atomic E-state index is -0.572. The summed E-state index contributed by atoms with van der Waals surface area (Å²) in [5.41, 5.74) is 3.01. The van der Waals surface area contributed by atoms with Crippen LogP contribution < -0.4 is 10.2 Å². The Bertz CT molecular complexity index is 917. The zero-order valence-electron chi connectivity index (χ0n) is 16.3. The maximum Gasteiger partial charge on any atom is 0.235 e. The van der Waals surface area contributed by atoms with E-state index in [0.29, 0.717) is 12.2 Å². The van der Waals surface area contributed by atoms with Gasteiger partial charge >= 0.3 is 0 Å². The van der Waals surface area contributed by atoms with Crippen LogP contribution in [0.1, 0.15) is 44.2 Å². The molecule has 5 heteroatoms. The molecule has 0 saturated heterocycles. The van der Waals surface area contributed by atoms with Gasteiger partial charge in [0.2, 0.25) is 11.8 Å². The largest absolute Gasteiger partial charge is 0.325 e. The van der Waals surface area contributed by atoms with Crippen molar-refractivity contribution in [3.8, 4) is 0 Å². The van der Waals surface area contributed by atoms with Crippen molar-refractivity contribution < 1.29 is 14.0 Å². The van der Waals surface area contributed by atoms with Crippen molar-refractivity contribution in [2.45, 2.75) is 44.9 Å². The van der Waals surface area contributed by atoms with E-state index in [2.05, 4.69) is 5.32 Å². The Kier molecular flexibility index (Phi) is 4.69. The Balaban J connectivity index is 1.57. The van der Waals surface area contributed by atoms with Gasteiger partial charge in [-0.1, -0.05) is 32.0 Å². The average molecular weight is 380 g/mol. The Morgan fingerprint density at radius 3 is 2.46 bits per heavy atom. The van der Waals surface area contributed by atoms with Crippen LogP contribution in [0.2, 0.25) is 0 Å². The highest BCUT2D eigenvalue weighted by molar-refractivity contribution is 6.02. The monoisotopic (exact) mass is 380 g/mol. The van der Waals surface area contributed by atoms with Gasteiger partial charge < -0.3 is 10.2 Å². The minimum Gasteiger partial charge on any atom is -0.325 e. The fraction of sp³-hybridized carbons (Fsp3) is 0.391. The summed E-state index contributed by atoms with van der Waals surface area (Å²) in [7, 11) is 0. The zero-order valence-corrected chi connectivity index (χ0v) is 16.3. The lowest BCUT2D eigenvalue weighted by Crippen LogP contribution is -2.38. The molecule has 1 aliphatic heterocycles. The predicted octanol–water partition coefficient (Wildman–Crippen LogP) is 4.43. The molecule has 1 fully saturated rings. The summed E-state index contributed by atoms with van der Waals surface area (Å²) in [5, 5.41) is 3.03. The molecule has 1 heterocycles. The van der Waals surface area contributed by atoms with E-state index in [9.17, 15) is 14.0 Å². The lowest BCUT2D eigenvalue weighted by Gasteiger charge is -2.31. The molecular weight excluding hydrogens is 355 g/mol. The number of hydrogen-bond acceptors (Lipinski definition) is 2. The van der Waals surface area contributed by atoms with Crippen LogP contribution in [0.25, 0.3) is 0 Å². The third kappa shape index (κ3) is 3.30. The number of halogens is 1. The molecule has 1 saturated carbocycles. The quantitative estimate of drug-likeness (QED) is 0.853. The van der Waals surface area contributed by atoms with Gasteiger partial charge in [-0.05, 0) is 61.1 Å². The third-order valence-electron chi connectivity index (χ3n) is 5.80. The van der Waals surface area contributed by atoms with Gasteiger partial charge in [0, 0.05) is 23.8 Å². The summed E-state index contributed by atoms with van der Waals surface area (Å²) in [6, 6.07) is 12.0. The van der Waals surface area contributed by atoms with Crippen LogP contribution in [0.4, 0.5) is 15.8 Å². The van der Waals surface area contributed by atoms with Crippen molar-refractivity contribution in [2.75, 3.05) is 16.8 Å². The van der Waals surface area contributed by atoms with Crippen molar-refractivity contribution in [3.63, 3.8) is 0 Å². The summed E-state index contributed by atoms with van der Waals surface area (Å²) >= 11 is 0. The van der Waals surface area contributed by atoms with Crippen molar-refractivity contribution >= 4 is 23.2 Å². The zero-order chi connectivity index (χ0) is 19.9. The number of benzene rings is 2. The molecule has 0 radical (unpaired) electrons. The molecule has 2 amide bonds. The van der Waals surface area contributed by atoms with Crippen LogP contribution in [0.3, 0.4) is 0 Å². The lowest BCUT2D eigenvalue weighted by molar-refractivity contribution is -0.121. The summed E-state index contributed by atoms with van der Waals surface area (Å²) in [6.45, 7) is 4.52. The lowest BCUT2D eigenvalue weighted by atomic mass is 9.94. The van der Waals surface area contributed by atoms with Gasteiger partial charge in [-0.2, -0.15) is 0 Å². The van der Waals surface area contributed by atoms with Crippen LogP contribution in [-0.2, 0) is 21.4 Å². The first-order chi connectivity index (χ1) is 13.4. The van der Waals surface area contributed by atoms with Gasteiger partial charge in [-0.15, -0.1) is 0 Å². The second kappa shape index (κ2) is 7.04. The van der Waals surface area contributed by atoms with Gasteiger partial charge in [-0.25, -0.2) is 4.39 Å². The van der Waals surface area contributed by atoms with E-state index in [4.69, 9.17) is 0 Å². The molecule has 0 aromatic heterocycles. The van der Waals surface area contributed by atoms with Crippen LogP contribution in [0.15, 0.2) is 42.5 Å². The van der Waals surface area contributed by atoms with E-state index < -0.39 is 5.41 Å². The Morgan fingerprint density at radius 1 is 1.11 bits per heavy atom. The van der Waals surface area contributed by atoms with E-state index in [-0.39, 0.29) is 23.5 Å². The standard InChI is InChI=1S/C23H25FN2O2/c1-15(2)21(27)26-13-3-4-16-5-10-19(14-20(16)26)25-22(28)23(11-12-23)17-6-8-18(24)9-7-17/h5-10,14-15H,3-4,11-13H2,1-2H3,(H,25,28). The molecule has 0 bridgehead atoms. The molecule has 2 aromatic rings. The van der Waals surface area contributed by atoms with Crippen LogP contribution >= 0.6 is 0 Å². The molecule has 2 aromatic carbocycles. The number of carbonyl (C=O) groups is 2. The van der Waals surface area contributed by atoms with Crippen molar-refractivity contribution in [1.82, 2.24) is 0 Å². The number of anilines is 2. The Hall–Kier alpha value is -2.69.